The Morgan fingerprint density at radius 2 is 1.45 bits per heavy atom. The smallest absolute Gasteiger partial charge is 0.147 e. The van der Waals surface area contributed by atoms with Crippen molar-refractivity contribution in [3.63, 3.8) is 0 Å². The average Bonchev–Trinajstić information content (AvgIpc) is 2.46. The highest BCUT2D eigenvalue weighted by Crippen LogP contribution is 2.37. The lowest BCUT2D eigenvalue weighted by Crippen LogP contribution is -2.07. The third-order valence-corrected chi connectivity index (χ3v) is 4.08. The van der Waals surface area contributed by atoms with Gasteiger partial charge in [0.15, 0.2) is 0 Å². The van der Waals surface area contributed by atoms with Crippen LogP contribution in [0.15, 0.2) is 22.7 Å². The number of aliphatic imine (C=N–C) groups is 1. The van der Waals surface area contributed by atoms with Crippen LogP contribution in [0.5, 0.6) is 0 Å². The molecule has 0 atom stereocenters. The first kappa shape index (κ1) is 18.3. The molecule has 1 aromatic rings. The van der Waals surface area contributed by atoms with Gasteiger partial charge < -0.3 is 0 Å². The summed E-state index contributed by atoms with van der Waals surface area (Å²) in [5.74, 6) is 1.20. The molecule has 0 aliphatic rings. The Morgan fingerprint density at radius 3 is 1.73 bits per heavy atom. The Bertz CT molecular complexity index is 563. The van der Waals surface area contributed by atoms with Crippen LogP contribution < -0.4 is 0 Å². The number of benzene rings is 1. The number of carbonyl (C=O) groups is 1. The van der Waals surface area contributed by atoms with Crippen molar-refractivity contribution in [2.45, 2.75) is 66.2 Å². The largest absolute Gasteiger partial charge is 0.298 e. The van der Waals surface area contributed by atoms with Crippen molar-refractivity contribution < 1.29 is 4.79 Å². The number of aldehydes is 1. The van der Waals surface area contributed by atoms with E-state index in [9.17, 15) is 4.79 Å². The first-order valence-electron chi connectivity index (χ1n) is 8.05. The molecule has 2 heteroatoms. The Labute approximate surface area is 135 Å². The Balaban J connectivity index is 3.87. The molecule has 1 aromatic carbocycles. The fourth-order valence-corrected chi connectivity index (χ4v) is 2.69. The molecule has 22 heavy (non-hydrogen) atoms. The molecule has 0 saturated carbocycles. The van der Waals surface area contributed by atoms with E-state index in [2.05, 4.69) is 65.4 Å². The van der Waals surface area contributed by atoms with Gasteiger partial charge in [0.1, 0.15) is 6.29 Å². The molecule has 0 N–H and O–H groups in total. The number of hydrogen-bond acceptors (Lipinski definition) is 2. The first-order chi connectivity index (χ1) is 10.2. The summed E-state index contributed by atoms with van der Waals surface area (Å²) < 4.78 is 0. The monoisotopic (exact) mass is 299 g/mol. The normalized spacial score (nSPS) is 12.8. The van der Waals surface area contributed by atoms with Crippen molar-refractivity contribution in [1.29, 1.82) is 0 Å². The molecular formula is C20H29NO. The number of carbonyl (C=O) groups excluding carboxylic acids is 1. The molecule has 0 aromatic heterocycles. The van der Waals surface area contributed by atoms with Crippen LogP contribution in [-0.2, 0) is 4.79 Å². The van der Waals surface area contributed by atoms with Crippen molar-refractivity contribution in [3.05, 3.63) is 40.0 Å². The highest BCUT2D eigenvalue weighted by atomic mass is 16.1. The van der Waals surface area contributed by atoms with E-state index >= 15 is 0 Å². The van der Waals surface area contributed by atoms with Crippen molar-refractivity contribution in [3.8, 4) is 0 Å². The SMILES string of the molecule is C=N/C(=C(\C)C=O)c1c(C(C)C)cc(C(C)C)cc1C(C)C. The fraction of sp³-hybridized carbons (Fsp3) is 0.500. The van der Waals surface area contributed by atoms with Gasteiger partial charge in [0.2, 0.25) is 0 Å². The van der Waals surface area contributed by atoms with Gasteiger partial charge in [-0.05, 0) is 48.1 Å². The van der Waals surface area contributed by atoms with Crippen molar-refractivity contribution >= 4 is 18.7 Å². The van der Waals surface area contributed by atoms with Crippen LogP contribution in [0.4, 0.5) is 0 Å². The van der Waals surface area contributed by atoms with Crippen LogP contribution in [-0.4, -0.2) is 13.0 Å². The third-order valence-electron chi connectivity index (χ3n) is 4.08. The highest BCUT2D eigenvalue weighted by molar-refractivity contribution is 5.90. The number of hydrogen-bond donors (Lipinski definition) is 0. The van der Waals surface area contributed by atoms with E-state index in [0.717, 1.165) is 17.5 Å². The van der Waals surface area contributed by atoms with Crippen LogP contribution in [0.3, 0.4) is 0 Å². The quantitative estimate of drug-likeness (QED) is 0.377. The predicted molar refractivity (Wildman–Crippen MR) is 96.9 cm³/mol. The molecule has 0 bridgehead atoms. The van der Waals surface area contributed by atoms with Gasteiger partial charge in [0, 0.05) is 11.1 Å². The van der Waals surface area contributed by atoms with Gasteiger partial charge in [-0.3, -0.25) is 9.79 Å². The summed E-state index contributed by atoms with van der Waals surface area (Å²) in [6.45, 7) is 18.7. The molecule has 120 valence electrons. The topological polar surface area (TPSA) is 29.4 Å². The van der Waals surface area contributed by atoms with Gasteiger partial charge >= 0.3 is 0 Å². The van der Waals surface area contributed by atoms with Crippen molar-refractivity contribution in [2.75, 3.05) is 0 Å². The summed E-state index contributed by atoms with van der Waals surface area (Å²) in [6, 6.07) is 4.53. The molecule has 0 saturated heterocycles. The van der Waals surface area contributed by atoms with E-state index < -0.39 is 0 Å². The van der Waals surface area contributed by atoms with E-state index in [4.69, 9.17) is 0 Å². The average molecular weight is 299 g/mol. The van der Waals surface area contributed by atoms with Gasteiger partial charge in [-0.25, -0.2) is 0 Å². The molecular weight excluding hydrogens is 270 g/mol. The van der Waals surface area contributed by atoms with Crippen LogP contribution >= 0.6 is 0 Å². The van der Waals surface area contributed by atoms with Crippen LogP contribution in [0.2, 0.25) is 0 Å². The Morgan fingerprint density at radius 1 is 1.00 bits per heavy atom. The Hall–Kier alpha value is -1.70. The Kier molecular flexibility index (Phi) is 6.28. The fourth-order valence-electron chi connectivity index (χ4n) is 2.69. The maximum Gasteiger partial charge on any atom is 0.147 e. The minimum absolute atomic E-state index is 0.363. The first-order valence-corrected chi connectivity index (χ1v) is 8.05. The molecule has 0 spiro atoms. The van der Waals surface area contributed by atoms with Crippen LogP contribution in [0.25, 0.3) is 5.70 Å². The van der Waals surface area contributed by atoms with E-state index in [1.165, 1.54) is 16.7 Å². The number of allylic oxidation sites excluding steroid dienone is 1. The zero-order valence-corrected chi connectivity index (χ0v) is 15.0. The summed E-state index contributed by atoms with van der Waals surface area (Å²) in [6.07, 6.45) is 0.870. The minimum atomic E-state index is 0.363. The third kappa shape index (κ3) is 3.73. The molecule has 1 rings (SSSR count). The van der Waals surface area contributed by atoms with Gasteiger partial charge in [-0.1, -0.05) is 53.7 Å². The maximum absolute atomic E-state index is 11.3. The molecule has 0 amide bonds. The minimum Gasteiger partial charge on any atom is -0.298 e. The number of nitrogens with zero attached hydrogens (tertiary/aromatic N) is 1. The van der Waals surface area contributed by atoms with Gasteiger partial charge in [0.25, 0.3) is 0 Å². The zero-order chi connectivity index (χ0) is 17.0. The summed E-state index contributed by atoms with van der Waals surface area (Å²) in [5, 5.41) is 0. The molecule has 0 radical (unpaired) electrons. The highest BCUT2D eigenvalue weighted by Gasteiger charge is 2.20. The molecule has 0 aliphatic heterocycles. The molecule has 0 aliphatic carbocycles. The summed E-state index contributed by atoms with van der Waals surface area (Å²) >= 11 is 0. The van der Waals surface area contributed by atoms with Crippen LogP contribution in [0.1, 0.15) is 88.5 Å². The second kappa shape index (κ2) is 7.53. The molecule has 2 nitrogen and oxygen atoms in total. The summed E-state index contributed by atoms with van der Waals surface area (Å²) in [7, 11) is 0. The summed E-state index contributed by atoms with van der Waals surface area (Å²) in [5.41, 5.74) is 6.28. The van der Waals surface area contributed by atoms with E-state index in [1.54, 1.807) is 0 Å². The van der Waals surface area contributed by atoms with Gasteiger partial charge in [0.05, 0.1) is 5.70 Å². The lowest BCUT2D eigenvalue weighted by Gasteiger charge is -2.23. The standard InChI is InChI=1S/C20H29NO/c1-12(2)16-9-17(13(3)4)19(18(10-16)14(5)6)20(21-8)15(7)11-22/h9-14H,8H2,1-7H3/b20-15+. The number of rotatable bonds is 6. The lowest BCUT2D eigenvalue weighted by atomic mass is 9.82. The lowest BCUT2D eigenvalue weighted by molar-refractivity contribution is -0.104. The van der Waals surface area contributed by atoms with E-state index in [0.29, 0.717) is 23.3 Å². The second-order valence-corrected chi connectivity index (χ2v) is 6.85. The van der Waals surface area contributed by atoms with Crippen molar-refractivity contribution in [1.82, 2.24) is 0 Å². The molecule has 0 heterocycles. The van der Waals surface area contributed by atoms with Gasteiger partial charge in [-0.15, -0.1) is 0 Å². The zero-order valence-electron chi connectivity index (χ0n) is 15.0. The van der Waals surface area contributed by atoms with Gasteiger partial charge in [-0.2, -0.15) is 0 Å². The summed E-state index contributed by atoms with van der Waals surface area (Å²) in [4.78, 5) is 15.5. The van der Waals surface area contributed by atoms with Crippen LogP contribution in [0, 0.1) is 0 Å². The van der Waals surface area contributed by atoms with E-state index in [1.807, 2.05) is 6.92 Å². The maximum atomic E-state index is 11.3. The van der Waals surface area contributed by atoms with Crippen molar-refractivity contribution in [2.24, 2.45) is 4.99 Å². The van der Waals surface area contributed by atoms with E-state index in [-0.39, 0.29) is 0 Å². The predicted octanol–water partition coefficient (Wildman–Crippen LogP) is 5.69. The molecule has 0 fully saturated rings. The molecule has 0 unspecified atom stereocenters. The second-order valence-electron chi connectivity index (χ2n) is 6.85.